The van der Waals surface area contributed by atoms with Crippen LogP contribution in [-0.4, -0.2) is 31.8 Å². The maximum Gasteiger partial charge on any atom is 0.329 e. The first-order valence-electron chi connectivity index (χ1n) is 7.02. The van der Waals surface area contributed by atoms with Crippen LogP contribution in [0.25, 0.3) is 0 Å². The molecule has 0 aliphatic heterocycles. The van der Waals surface area contributed by atoms with Crippen LogP contribution >= 0.6 is 0 Å². The van der Waals surface area contributed by atoms with Crippen LogP contribution in [0, 0.1) is 0 Å². The molecule has 0 fully saturated rings. The number of rotatable bonds is 7. The molecule has 0 spiro atoms. The van der Waals surface area contributed by atoms with Crippen molar-refractivity contribution in [1.82, 2.24) is 5.32 Å². The van der Waals surface area contributed by atoms with Gasteiger partial charge in [-0.25, -0.2) is 4.79 Å². The summed E-state index contributed by atoms with van der Waals surface area (Å²) in [6.07, 6.45) is 0. The summed E-state index contributed by atoms with van der Waals surface area (Å²) >= 11 is 0. The van der Waals surface area contributed by atoms with Gasteiger partial charge in [0, 0.05) is 0 Å². The van der Waals surface area contributed by atoms with Gasteiger partial charge in [0.15, 0.2) is 0 Å². The SMILES string of the molecule is CCOC(=O)C(C)(COc1ccc(C(C)C)cc1)NC. The fourth-order valence-electron chi connectivity index (χ4n) is 1.70. The molecule has 1 unspecified atom stereocenters. The smallest absolute Gasteiger partial charge is 0.329 e. The van der Waals surface area contributed by atoms with Crippen LogP contribution in [0.3, 0.4) is 0 Å². The largest absolute Gasteiger partial charge is 0.491 e. The Morgan fingerprint density at radius 1 is 1.30 bits per heavy atom. The number of likely N-dealkylation sites (N-methyl/N-ethyl adjacent to an activating group) is 1. The third kappa shape index (κ3) is 4.23. The molecule has 0 saturated carbocycles. The Labute approximate surface area is 121 Å². The third-order valence-electron chi connectivity index (χ3n) is 3.35. The van der Waals surface area contributed by atoms with E-state index in [1.54, 1.807) is 20.9 Å². The molecule has 4 nitrogen and oxygen atoms in total. The van der Waals surface area contributed by atoms with E-state index in [0.29, 0.717) is 12.5 Å². The van der Waals surface area contributed by atoms with Crippen molar-refractivity contribution in [2.45, 2.75) is 39.2 Å². The Hall–Kier alpha value is -1.55. The van der Waals surface area contributed by atoms with E-state index in [1.807, 2.05) is 24.3 Å². The van der Waals surface area contributed by atoms with Crippen molar-refractivity contribution in [2.75, 3.05) is 20.3 Å². The average Bonchev–Trinajstić information content (AvgIpc) is 2.45. The van der Waals surface area contributed by atoms with E-state index in [0.717, 1.165) is 5.75 Å². The lowest BCUT2D eigenvalue weighted by atomic mass is 10.0. The number of benzene rings is 1. The molecule has 1 aromatic carbocycles. The van der Waals surface area contributed by atoms with Crippen LogP contribution in [-0.2, 0) is 9.53 Å². The maximum absolute atomic E-state index is 11.9. The Morgan fingerprint density at radius 3 is 2.35 bits per heavy atom. The van der Waals surface area contributed by atoms with Crippen LogP contribution in [0.4, 0.5) is 0 Å². The predicted molar refractivity (Wildman–Crippen MR) is 80.1 cm³/mol. The molecule has 0 aliphatic carbocycles. The first-order valence-corrected chi connectivity index (χ1v) is 7.02. The molecule has 0 aliphatic rings. The van der Waals surface area contributed by atoms with Gasteiger partial charge in [-0.2, -0.15) is 0 Å². The van der Waals surface area contributed by atoms with Crippen molar-refractivity contribution in [3.63, 3.8) is 0 Å². The van der Waals surface area contributed by atoms with Crippen LogP contribution in [0.2, 0.25) is 0 Å². The molecule has 1 N–H and O–H groups in total. The van der Waals surface area contributed by atoms with Gasteiger partial charge < -0.3 is 14.8 Å². The second kappa shape index (κ2) is 7.29. The molecule has 0 aromatic heterocycles. The second-order valence-electron chi connectivity index (χ2n) is 5.31. The monoisotopic (exact) mass is 279 g/mol. The van der Waals surface area contributed by atoms with Crippen LogP contribution < -0.4 is 10.1 Å². The number of carbonyl (C=O) groups excluding carboxylic acids is 1. The van der Waals surface area contributed by atoms with Crippen molar-refractivity contribution in [1.29, 1.82) is 0 Å². The number of nitrogens with one attached hydrogen (secondary N) is 1. The topological polar surface area (TPSA) is 47.6 Å². The van der Waals surface area contributed by atoms with Gasteiger partial charge in [-0.3, -0.25) is 0 Å². The molecule has 0 radical (unpaired) electrons. The molecular weight excluding hydrogens is 254 g/mol. The minimum Gasteiger partial charge on any atom is -0.491 e. The van der Waals surface area contributed by atoms with Gasteiger partial charge in [-0.05, 0) is 44.5 Å². The average molecular weight is 279 g/mol. The summed E-state index contributed by atoms with van der Waals surface area (Å²) in [4.78, 5) is 11.9. The van der Waals surface area contributed by atoms with Crippen molar-refractivity contribution < 1.29 is 14.3 Å². The number of hydrogen-bond acceptors (Lipinski definition) is 4. The maximum atomic E-state index is 11.9. The summed E-state index contributed by atoms with van der Waals surface area (Å²) in [6, 6.07) is 7.94. The summed E-state index contributed by atoms with van der Waals surface area (Å²) in [5, 5.41) is 2.96. The van der Waals surface area contributed by atoms with E-state index in [2.05, 4.69) is 19.2 Å². The lowest BCUT2D eigenvalue weighted by molar-refractivity contribution is -0.151. The number of esters is 1. The van der Waals surface area contributed by atoms with Crippen molar-refractivity contribution in [2.24, 2.45) is 0 Å². The molecular formula is C16H25NO3. The highest BCUT2D eigenvalue weighted by atomic mass is 16.5. The van der Waals surface area contributed by atoms with Gasteiger partial charge in [-0.15, -0.1) is 0 Å². The number of ether oxygens (including phenoxy) is 2. The lowest BCUT2D eigenvalue weighted by Gasteiger charge is -2.26. The van der Waals surface area contributed by atoms with E-state index >= 15 is 0 Å². The standard InChI is InChI=1S/C16H25NO3/c1-6-19-15(18)16(4,17-5)11-20-14-9-7-13(8-10-14)12(2)3/h7-10,12,17H,6,11H2,1-5H3. The van der Waals surface area contributed by atoms with Crippen LogP contribution in [0.5, 0.6) is 5.75 Å². The molecule has 20 heavy (non-hydrogen) atoms. The normalized spacial score (nSPS) is 13.9. The lowest BCUT2D eigenvalue weighted by Crippen LogP contribution is -2.53. The van der Waals surface area contributed by atoms with Crippen LogP contribution in [0.1, 0.15) is 39.2 Å². The van der Waals surface area contributed by atoms with Gasteiger partial charge in [-0.1, -0.05) is 26.0 Å². The summed E-state index contributed by atoms with van der Waals surface area (Å²) in [7, 11) is 1.72. The zero-order valence-electron chi connectivity index (χ0n) is 13.0. The van der Waals surface area contributed by atoms with Gasteiger partial charge in [0.25, 0.3) is 0 Å². The minimum absolute atomic E-state index is 0.226. The van der Waals surface area contributed by atoms with Crippen molar-refractivity contribution in [3.8, 4) is 5.75 Å². The highest BCUT2D eigenvalue weighted by Crippen LogP contribution is 2.19. The number of hydrogen-bond donors (Lipinski definition) is 1. The quantitative estimate of drug-likeness (QED) is 0.780. The Bertz CT molecular complexity index is 428. The van der Waals surface area contributed by atoms with E-state index in [4.69, 9.17) is 9.47 Å². The highest BCUT2D eigenvalue weighted by molar-refractivity contribution is 5.80. The Balaban J connectivity index is 2.66. The number of carbonyl (C=O) groups is 1. The molecule has 0 saturated heterocycles. The van der Waals surface area contributed by atoms with Gasteiger partial charge in [0.2, 0.25) is 0 Å². The van der Waals surface area contributed by atoms with E-state index in [1.165, 1.54) is 5.56 Å². The molecule has 112 valence electrons. The summed E-state index contributed by atoms with van der Waals surface area (Å²) < 4.78 is 10.8. The Morgan fingerprint density at radius 2 is 1.90 bits per heavy atom. The summed E-state index contributed by atoms with van der Waals surface area (Å²) in [5.74, 6) is 0.938. The first kappa shape index (κ1) is 16.5. The highest BCUT2D eigenvalue weighted by Gasteiger charge is 2.34. The molecule has 1 atom stereocenters. The first-order chi connectivity index (χ1) is 9.42. The fourth-order valence-corrected chi connectivity index (χ4v) is 1.70. The summed E-state index contributed by atoms with van der Waals surface area (Å²) in [6.45, 7) is 8.44. The molecule has 1 aromatic rings. The van der Waals surface area contributed by atoms with Crippen molar-refractivity contribution >= 4 is 5.97 Å². The molecule has 0 heterocycles. The Kier molecular flexibility index (Phi) is 6.02. The predicted octanol–water partition coefficient (Wildman–Crippen LogP) is 2.73. The van der Waals surface area contributed by atoms with Gasteiger partial charge in [0.1, 0.15) is 17.9 Å². The molecule has 0 bridgehead atoms. The van der Waals surface area contributed by atoms with Crippen molar-refractivity contribution in [3.05, 3.63) is 29.8 Å². The molecule has 0 amide bonds. The van der Waals surface area contributed by atoms with Gasteiger partial charge in [0.05, 0.1) is 6.61 Å². The van der Waals surface area contributed by atoms with E-state index in [9.17, 15) is 4.79 Å². The fraction of sp³-hybridized carbons (Fsp3) is 0.562. The molecule has 1 rings (SSSR count). The zero-order valence-corrected chi connectivity index (χ0v) is 13.0. The third-order valence-corrected chi connectivity index (χ3v) is 3.35. The van der Waals surface area contributed by atoms with E-state index in [-0.39, 0.29) is 12.6 Å². The summed E-state index contributed by atoms with van der Waals surface area (Å²) in [5.41, 5.74) is 0.423. The van der Waals surface area contributed by atoms with E-state index < -0.39 is 5.54 Å². The second-order valence-corrected chi connectivity index (χ2v) is 5.31. The molecule has 4 heteroatoms. The minimum atomic E-state index is -0.841. The van der Waals surface area contributed by atoms with Crippen LogP contribution in [0.15, 0.2) is 24.3 Å². The zero-order chi connectivity index (χ0) is 15.2. The van der Waals surface area contributed by atoms with Gasteiger partial charge >= 0.3 is 5.97 Å².